The number of fused-ring (bicyclic) bond motifs is 1. The minimum absolute atomic E-state index is 0.231. The van der Waals surface area contributed by atoms with Crippen molar-refractivity contribution in [1.29, 1.82) is 0 Å². The van der Waals surface area contributed by atoms with Gasteiger partial charge in [0.05, 0.1) is 11.3 Å². The molecule has 134 valence electrons. The summed E-state index contributed by atoms with van der Waals surface area (Å²) in [4.78, 5) is 25.1. The molecule has 8 heteroatoms. The molecule has 0 fully saturated rings. The van der Waals surface area contributed by atoms with E-state index in [1.807, 2.05) is 30.3 Å². The summed E-state index contributed by atoms with van der Waals surface area (Å²) in [5, 5.41) is 7.18. The van der Waals surface area contributed by atoms with Crippen LogP contribution in [0.5, 0.6) is 0 Å². The van der Waals surface area contributed by atoms with Crippen LogP contribution < -0.4 is 11.1 Å². The van der Waals surface area contributed by atoms with Crippen molar-refractivity contribution < 1.29 is 4.79 Å². The van der Waals surface area contributed by atoms with Gasteiger partial charge in [0, 0.05) is 42.8 Å². The molecule has 0 aliphatic rings. The van der Waals surface area contributed by atoms with E-state index in [2.05, 4.69) is 25.4 Å². The number of carbonyl (C=O) groups excluding carboxylic acids is 1. The van der Waals surface area contributed by atoms with Gasteiger partial charge in [0.15, 0.2) is 5.82 Å². The van der Waals surface area contributed by atoms with Crippen LogP contribution in [0.3, 0.4) is 0 Å². The van der Waals surface area contributed by atoms with Crippen molar-refractivity contribution in [3.05, 3.63) is 72.6 Å². The average Bonchev–Trinajstić information content (AvgIpc) is 3.11. The number of hydrogen-bond acceptors (Lipinski definition) is 6. The van der Waals surface area contributed by atoms with Crippen LogP contribution in [0.4, 0.5) is 5.82 Å². The summed E-state index contributed by atoms with van der Waals surface area (Å²) in [5.74, 6) is 0.0189. The van der Waals surface area contributed by atoms with Crippen LogP contribution in [-0.2, 0) is 6.42 Å². The van der Waals surface area contributed by atoms with E-state index < -0.39 is 0 Å². The SMILES string of the molecule is Nc1ncnn2c(-c3ccncc3)cc(C(=O)NCCc3ccccn3)c12. The second kappa shape index (κ2) is 7.20. The monoisotopic (exact) mass is 359 g/mol. The predicted molar refractivity (Wildman–Crippen MR) is 101 cm³/mol. The standard InChI is InChI=1S/C19H17N7O/c20-18-17-15(19(27)23-10-6-14-3-1-2-7-22-14)11-16(26(17)25-12-24-18)13-4-8-21-9-5-13/h1-5,7-9,11-12H,6,10H2,(H,23,27)(H2,20,24,25). The summed E-state index contributed by atoms with van der Waals surface area (Å²) in [7, 11) is 0. The van der Waals surface area contributed by atoms with Crippen LogP contribution in [0.2, 0.25) is 0 Å². The molecule has 0 bridgehead atoms. The number of pyridine rings is 2. The number of carbonyl (C=O) groups is 1. The van der Waals surface area contributed by atoms with Gasteiger partial charge in [0.1, 0.15) is 11.8 Å². The zero-order chi connectivity index (χ0) is 18.6. The number of hydrogen-bond donors (Lipinski definition) is 2. The fraction of sp³-hybridized carbons (Fsp3) is 0.105. The first-order chi connectivity index (χ1) is 13.2. The van der Waals surface area contributed by atoms with Crippen LogP contribution in [-0.4, -0.2) is 37.0 Å². The third-order valence-corrected chi connectivity index (χ3v) is 4.20. The number of rotatable bonds is 5. The maximum absolute atomic E-state index is 12.8. The Kier molecular flexibility index (Phi) is 4.44. The van der Waals surface area contributed by atoms with Gasteiger partial charge in [-0.05, 0) is 30.3 Å². The fourth-order valence-electron chi connectivity index (χ4n) is 2.91. The van der Waals surface area contributed by atoms with E-state index >= 15 is 0 Å². The summed E-state index contributed by atoms with van der Waals surface area (Å²) >= 11 is 0. The first-order valence-electron chi connectivity index (χ1n) is 8.45. The highest BCUT2D eigenvalue weighted by atomic mass is 16.1. The molecule has 8 nitrogen and oxygen atoms in total. The van der Waals surface area contributed by atoms with Crippen LogP contribution in [0, 0.1) is 0 Å². The molecule has 0 aromatic carbocycles. The van der Waals surface area contributed by atoms with Crippen LogP contribution in [0.15, 0.2) is 61.3 Å². The Labute approximate surface area is 155 Å². The van der Waals surface area contributed by atoms with Gasteiger partial charge in [0.2, 0.25) is 0 Å². The molecule has 0 spiro atoms. The van der Waals surface area contributed by atoms with Gasteiger partial charge >= 0.3 is 0 Å². The smallest absolute Gasteiger partial charge is 0.253 e. The van der Waals surface area contributed by atoms with Crippen molar-refractivity contribution in [2.75, 3.05) is 12.3 Å². The third kappa shape index (κ3) is 3.32. The number of nitrogens with one attached hydrogen (secondary N) is 1. The minimum Gasteiger partial charge on any atom is -0.382 e. The Hall–Kier alpha value is -3.81. The number of nitrogens with two attached hydrogens (primary N) is 1. The van der Waals surface area contributed by atoms with Crippen LogP contribution >= 0.6 is 0 Å². The first kappa shape index (κ1) is 16.6. The lowest BCUT2D eigenvalue weighted by Gasteiger charge is -2.05. The van der Waals surface area contributed by atoms with Crippen molar-refractivity contribution in [2.24, 2.45) is 0 Å². The Morgan fingerprint density at radius 1 is 1.11 bits per heavy atom. The summed E-state index contributed by atoms with van der Waals surface area (Å²) in [6, 6.07) is 11.2. The minimum atomic E-state index is -0.231. The van der Waals surface area contributed by atoms with E-state index in [9.17, 15) is 4.79 Å². The Morgan fingerprint density at radius 3 is 2.74 bits per heavy atom. The molecule has 0 unspecified atom stereocenters. The predicted octanol–water partition coefficient (Wildman–Crippen LogP) is 1.74. The van der Waals surface area contributed by atoms with E-state index in [4.69, 9.17) is 5.73 Å². The summed E-state index contributed by atoms with van der Waals surface area (Å²) < 4.78 is 1.63. The highest BCUT2D eigenvalue weighted by Crippen LogP contribution is 2.27. The molecule has 4 heterocycles. The zero-order valence-corrected chi connectivity index (χ0v) is 14.4. The van der Waals surface area contributed by atoms with E-state index in [1.54, 1.807) is 29.2 Å². The topological polar surface area (TPSA) is 111 Å². The molecule has 1 amide bonds. The van der Waals surface area contributed by atoms with Gasteiger partial charge in [-0.15, -0.1) is 0 Å². The molecule has 4 aromatic rings. The van der Waals surface area contributed by atoms with Crippen molar-refractivity contribution >= 4 is 17.2 Å². The lowest BCUT2D eigenvalue weighted by molar-refractivity contribution is 0.0956. The molecule has 4 aromatic heterocycles. The average molecular weight is 359 g/mol. The highest BCUT2D eigenvalue weighted by molar-refractivity contribution is 6.05. The Bertz CT molecular complexity index is 1080. The molecule has 3 N–H and O–H groups in total. The highest BCUT2D eigenvalue weighted by Gasteiger charge is 2.19. The van der Waals surface area contributed by atoms with Gasteiger partial charge in [-0.3, -0.25) is 14.8 Å². The number of anilines is 1. The van der Waals surface area contributed by atoms with Gasteiger partial charge < -0.3 is 11.1 Å². The van der Waals surface area contributed by atoms with E-state index in [-0.39, 0.29) is 11.7 Å². The Balaban J connectivity index is 1.64. The molecule has 0 radical (unpaired) electrons. The number of nitrogen functional groups attached to an aromatic ring is 1. The summed E-state index contributed by atoms with van der Waals surface area (Å²) in [5.41, 5.74) is 9.49. The normalized spacial score (nSPS) is 10.8. The molecule has 0 atom stereocenters. The van der Waals surface area contributed by atoms with Crippen molar-refractivity contribution in [2.45, 2.75) is 6.42 Å². The lowest BCUT2D eigenvalue weighted by Crippen LogP contribution is -2.26. The zero-order valence-electron chi connectivity index (χ0n) is 14.4. The fourth-order valence-corrected chi connectivity index (χ4v) is 2.91. The molecule has 4 rings (SSSR count). The Morgan fingerprint density at radius 2 is 1.96 bits per heavy atom. The summed E-state index contributed by atoms with van der Waals surface area (Å²) in [6.07, 6.45) is 7.12. The molecular weight excluding hydrogens is 342 g/mol. The molecule has 0 aliphatic carbocycles. The van der Waals surface area contributed by atoms with Gasteiger partial charge in [-0.25, -0.2) is 9.50 Å². The maximum Gasteiger partial charge on any atom is 0.253 e. The third-order valence-electron chi connectivity index (χ3n) is 4.20. The second-order valence-corrected chi connectivity index (χ2v) is 5.91. The molecule has 0 saturated carbocycles. The molecule has 0 saturated heterocycles. The van der Waals surface area contributed by atoms with E-state index in [1.165, 1.54) is 6.33 Å². The second-order valence-electron chi connectivity index (χ2n) is 5.91. The largest absolute Gasteiger partial charge is 0.382 e. The molecular formula is C19H17N7O. The van der Waals surface area contributed by atoms with Gasteiger partial charge in [-0.2, -0.15) is 5.10 Å². The van der Waals surface area contributed by atoms with Crippen LogP contribution in [0.1, 0.15) is 16.1 Å². The van der Waals surface area contributed by atoms with Crippen molar-refractivity contribution in [3.63, 3.8) is 0 Å². The lowest BCUT2D eigenvalue weighted by atomic mass is 10.1. The van der Waals surface area contributed by atoms with E-state index in [0.29, 0.717) is 24.0 Å². The summed E-state index contributed by atoms with van der Waals surface area (Å²) in [6.45, 7) is 0.464. The maximum atomic E-state index is 12.8. The van der Waals surface area contributed by atoms with E-state index in [0.717, 1.165) is 17.0 Å². The van der Waals surface area contributed by atoms with Gasteiger partial charge in [0.25, 0.3) is 5.91 Å². The quantitative estimate of drug-likeness (QED) is 0.561. The van der Waals surface area contributed by atoms with Crippen molar-refractivity contribution in [3.8, 4) is 11.3 Å². The van der Waals surface area contributed by atoms with Crippen molar-refractivity contribution in [1.82, 2.24) is 29.9 Å². The van der Waals surface area contributed by atoms with Crippen LogP contribution in [0.25, 0.3) is 16.8 Å². The number of aromatic nitrogens is 5. The molecule has 27 heavy (non-hydrogen) atoms. The first-order valence-corrected chi connectivity index (χ1v) is 8.45. The number of amides is 1. The van der Waals surface area contributed by atoms with Gasteiger partial charge in [-0.1, -0.05) is 6.07 Å². The number of nitrogens with zero attached hydrogens (tertiary/aromatic N) is 5. The molecule has 0 aliphatic heterocycles.